The predicted octanol–water partition coefficient (Wildman–Crippen LogP) is 3.32. The molecule has 112 valence electrons. The summed E-state index contributed by atoms with van der Waals surface area (Å²) in [5.74, 6) is -0.711. The molecule has 2 rings (SSSR count). The molecule has 4 heteroatoms. The molecule has 1 saturated heterocycles. The quantitative estimate of drug-likeness (QED) is 0.861. The van der Waals surface area contributed by atoms with Gasteiger partial charge in [0, 0.05) is 18.2 Å². The zero-order chi connectivity index (χ0) is 14.4. The molecule has 2 nitrogen and oxygen atoms in total. The van der Waals surface area contributed by atoms with Gasteiger partial charge in [0.2, 0.25) is 0 Å². The van der Waals surface area contributed by atoms with Crippen molar-refractivity contribution >= 4 is 0 Å². The van der Waals surface area contributed by atoms with Gasteiger partial charge in [0.25, 0.3) is 0 Å². The van der Waals surface area contributed by atoms with E-state index in [-0.39, 0.29) is 11.6 Å². The molecule has 1 aromatic rings. The van der Waals surface area contributed by atoms with Crippen LogP contribution in [0.15, 0.2) is 18.2 Å². The fourth-order valence-corrected chi connectivity index (χ4v) is 2.68. The van der Waals surface area contributed by atoms with Crippen LogP contribution in [0.4, 0.5) is 8.78 Å². The molecule has 1 aromatic carbocycles. The average molecular weight is 282 g/mol. The van der Waals surface area contributed by atoms with E-state index in [1.165, 1.54) is 31.5 Å². The molecule has 20 heavy (non-hydrogen) atoms. The second kappa shape index (κ2) is 7.70. The Balaban J connectivity index is 1.74. The summed E-state index contributed by atoms with van der Waals surface area (Å²) in [7, 11) is 0. The maximum absolute atomic E-state index is 13.5. The number of nitrogens with zero attached hydrogens (tertiary/aromatic N) is 1. The van der Waals surface area contributed by atoms with Gasteiger partial charge in [-0.05, 0) is 57.1 Å². The predicted molar refractivity (Wildman–Crippen MR) is 77.6 cm³/mol. The molecular formula is C16H24F2N2. The molecule has 1 aliphatic rings. The average Bonchev–Trinajstić information content (AvgIpc) is 2.47. The number of likely N-dealkylation sites (tertiary alicyclic amines) is 1. The molecule has 0 amide bonds. The molecule has 0 radical (unpaired) electrons. The van der Waals surface area contributed by atoms with Crippen molar-refractivity contribution in [2.75, 3.05) is 19.6 Å². The summed E-state index contributed by atoms with van der Waals surface area (Å²) in [6, 6.07) is 4.04. The number of unbranched alkanes of at least 4 members (excludes halogenated alkanes) is 1. The monoisotopic (exact) mass is 282 g/mol. The Morgan fingerprint density at radius 3 is 2.70 bits per heavy atom. The second-order valence-electron chi connectivity index (χ2n) is 5.59. The van der Waals surface area contributed by atoms with Crippen LogP contribution >= 0.6 is 0 Å². The summed E-state index contributed by atoms with van der Waals surface area (Å²) in [5.41, 5.74) is 0.415. The Hall–Kier alpha value is -1.00. The van der Waals surface area contributed by atoms with Gasteiger partial charge in [-0.2, -0.15) is 0 Å². The minimum Gasteiger partial charge on any atom is -0.310 e. The van der Waals surface area contributed by atoms with E-state index in [9.17, 15) is 8.78 Å². The molecule has 0 unspecified atom stereocenters. The molecule has 1 N–H and O–H groups in total. The lowest BCUT2D eigenvalue weighted by Gasteiger charge is -2.32. The normalized spacial score (nSPS) is 17.6. The maximum Gasteiger partial charge on any atom is 0.127 e. The largest absolute Gasteiger partial charge is 0.310 e. The van der Waals surface area contributed by atoms with Gasteiger partial charge in [0.05, 0.1) is 0 Å². The van der Waals surface area contributed by atoms with Gasteiger partial charge in [-0.3, -0.25) is 0 Å². The highest BCUT2D eigenvalue weighted by Gasteiger charge is 2.18. The van der Waals surface area contributed by atoms with Gasteiger partial charge < -0.3 is 10.2 Å². The molecule has 1 aliphatic heterocycles. The number of hydrogen-bond acceptors (Lipinski definition) is 2. The Labute approximate surface area is 120 Å². The van der Waals surface area contributed by atoms with Gasteiger partial charge in [0.1, 0.15) is 11.6 Å². The van der Waals surface area contributed by atoms with Crippen LogP contribution in [-0.2, 0) is 6.54 Å². The third-order valence-electron chi connectivity index (χ3n) is 4.00. The molecule has 0 atom stereocenters. The van der Waals surface area contributed by atoms with Gasteiger partial charge in [-0.1, -0.05) is 13.3 Å². The Bertz CT molecular complexity index is 415. The van der Waals surface area contributed by atoms with Crippen molar-refractivity contribution in [1.82, 2.24) is 10.2 Å². The molecule has 0 saturated carbocycles. The first-order chi connectivity index (χ1) is 9.69. The Morgan fingerprint density at radius 2 is 2.00 bits per heavy atom. The van der Waals surface area contributed by atoms with Gasteiger partial charge >= 0.3 is 0 Å². The van der Waals surface area contributed by atoms with Crippen LogP contribution in [0.1, 0.15) is 38.2 Å². The first kappa shape index (κ1) is 15.4. The summed E-state index contributed by atoms with van der Waals surface area (Å²) in [5, 5.41) is 3.35. The highest BCUT2D eigenvalue weighted by atomic mass is 19.1. The van der Waals surface area contributed by atoms with E-state index >= 15 is 0 Å². The minimum absolute atomic E-state index is 0.334. The van der Waals surface area contributed by atoms with Crippen molar-refractivity contribution < 1.29 is 8.78 Å². The summed E-state index contributed by atoms with van der Waals surface area (Å²) >= 11 is 0. The number of halogens is 2. The number of piperidine rings is 1. The number of nitrogens with one attached hydrogen (secondary N) is 1. The molecule has 0 bridgehead atoms. The third kappa shape index (κ3) is 4.53. The molecule has 0 spiro atoms. The summed E-state index contributed by atoms with van der Waals surface area (Å²) < 4.78 is 26.6. The summed E-state index contributed by atoms with van der Waals surface area (Å²) in [6.07, 6.45) is 4.66. The number of hydrogen-bond donors (Lipinski definition) is 1. The zero-order valence-electron chi connectivity index (χ0n) is 12.2. The molecule has 1 fully saturated rings. The van der Waals surface area contributed by atoms with E-state index in [4.69, 9.17) is 0 Å². The van der Waals surface area contributed by atoms with Gasteiger partial charge in [0.15, 0.2) is 0 Å². The van der Waals surface area contributed by atoms with Crippen molar-refractivity contribution in [2.24, 2.45) is 0 Å². The van der Waals surface area contributed by atoms with Crippen molar-refractivity contribution in [3.05, 3.63) is 35.4 Å². The van der Waals surface area contributed by atoms with Crippen LogP contribution < -0.4 is 5.32 Å². The second-order valence-corrected chi connectivity index (χ2v) is 5.59. The van der Waals surface area contributed by atoms with Crippen molar-refractivity contribution in [2.45, 2.75) is 45.2 Å². The van der Waals surface area contributed by atoms with E-state index in [0.717, 1.165) is 32.0 Å². The summed E-state index contributed by atoms with van der Waals surface area (Å²) in [6.45, 7) is 6.00. The van der Waals surface area contributed by atoms with E-state index in [0.29, 0.717) is 18.2 Å². The van der Waals surface area contributed by atoms with E-state index < -0.39 is 0 Å². The minimum atomic E-state index is -0.377. The third-order valence-corrected chi connectivity index (χ3v) is 4.00. The lowest BCUT2D eigenvalue weighted by Crippen LogP contribution is -2.42. The lowest BCUT2D eigenvalue weighted by molar-refractivity contribution is 0.194. The van der Waals surface area contributed by atoms with Crippen LogP contribution in [0.3, 0.4) is 0 Å². The Kier molecular flexibility index (Phi) is 5.92. The smallest absolute Gasteiger partial charge is 0.127 e. The molecular weight excluding hydrogens is 258 g/mol. The first-order valence-corrected chi connectivity index (χ1v) is 7.58. The Morgan fingerprint density at radius 1 is 1.25 bits per heavy atom. The van der Waals surface area contributed by atoms with Crippen LogP contribution in [0.25, 0.3) is 0 Å². The molecule has 0 aromatic heterocycles. The maximum atomic E-state index is 13.5. The van der Waals surface area contributed by atoms with Crippen LogP contribution in [0.5, 0.6) is 0 Å². The highest BCUT2D eigenvalue weighted by Crippen LogP contribution is 2.14. The molecule has 1 heterocycles. The van der Waals surface area contributed by atoms with E-state index in [2.05, 4.69) is 17.1 Å². The number of rotatable bonds is 6. The first-order valence-electron chi connectivity index (χ1n) is 7.58. The van der Waals surface area contributed by atoms with Gasteiger partial charge in [-0.25, -0.2) is 8.78 Å². The SMILES string of the molecule is CCCCN1CCC(NCc2cc(F)ccc2F)CC1. The standard InChI is InChI=1S/C16H24F2N2/c1-2-3-8-20-9-6-15(7-10-20)19-12-13-11-14(17)4-5-16(13)18/h4-5,11,15,19H,2-3,6-10,12H2,1H3. The topological polar surface area (TPSA) is 15.3 Å². The molecule has 0 aliphatic carbocycles. The van der Waals surface area contributed by atoms with Crippen LogP contribution in [0, 0.1) is 11.6 Å². The zero-order valence-corrected chi connectivity index (χ0v) is 12.2. The van der Waals surface area contributed by atoms with Crippen LogP contribution in [0.2, 0.25) is 0 Å². The van der Waals surface area contributed by atoms with Crippen molar-refractivity contribution in [3.8, 4) is 0 Å². The van der Waals surface area contributed by atoms with Crippen LogP contribution in [-0.4, -0.2) is 30.6 Å². The van der Waals surface area contributed by atoms with Crippen molar-refractivity contribution in [3.63, 3.8) is 0 Å². The van der Waals surface area contributed by atoms with E-state index in [1.54, 1.807) is 0 Å². The van der Waals surface area contributed by atoms with Crippen molar-refractivity contribution in [1.29, 1.82) is 0 Å². The lowest BCUT2D eigenvalue weighted by atomic mass is 10.0. The van der Waals surface area contributed by atoms with Gasteiger partial charge in [-0.15, -0.1) is 0 Å². The fourth-order valence-electron chi connectivity index (χ4n) is 2.68. The fraction of sp³-hybridized carbons (Fsp3) is 0.625. The summed E-state index contributed by atoms with van der Waals surface area (Å²) in [4.78, 5) is 2.49. The highest BCUT2D eigenvalue weighted by molar-refractivity contribution is 5.18. The number of benzene rings is 1. The van der Waals surface area contributed by atoms with E-state index in [1.807, 2.05) is 0 Å².